The minimum Gasteiger partial charge on any atom is -0.507 e. The Morgan fingerprint density at radius 2 is 1.79 bits per heavy atom. The number of hydrogen-bond acceptors (Lipinski definition) is 3. The van der Waals surface area contributed by atoms with Gasteiger partial charge in [-0.25, -0.2) is 5.43 Å². The standard InChI is InChI=1S/C21H15Cl3N2O2/c22-16-6-7-17(19(24)11-16)21(28)26-25-12-15-10-13(5-8-20(15)27)9-14-3-1-2-4-18(14)23/h1-8,10-12,27H,9H2,(H,26,28)/b25-12+. The molecule has 3 aromatic carbocycles. The molecule has 28 heavy (non-hydrogen) atoms. The zero-order valence-electron chi connectivity index (χ0n) is 14.5. The molecule has 0 unspecified atom stereocenters. The van der Waals surface area contributed by atoms with Crippen LogP contribution in [0.3, 0.4) is 0 Å². The number of benzene rings is 3. The molecule has 3 rings (SSSR count). The minimum absolute atomic E-state index is 0.0467. The summed E-state index contributed by atoms with van der Waals surface area (Å²) in [5.41, 5.74) is 5.02. The highest BCUT2D eigenvalue weighted by molar-refractivity contribution is 6.36. The van der Waals surface area contributed by atoms with Crippen LogP contribution in [0.5, 0.6) is 5.75 Å². The van der Waals surface area contributed by atoms with Gasteiger partial charge in [-0.3, -0.25) is 4.79 Å². The second-order valence-corrected chi connectivity index (χ2v) is 7.24. The van der Waals surface area contributed by atoms with E-state index < -0.39 is 5.91 Å². The van der Waals surface area contributed by atoms with Gasteiger partial charge in [0.15, 0.2) is 0 Å². The summed E-state index contributed by atoms with van der Waals surface area (Å²) in [7, 11) is 0. The van der Waals surface area contributed by atoms with Crippen molar-refractivity contribution in [1.82, 2.24) is 5.43 Å². The Balaban J connectivity index is 1.73. The summed E-state index contributed by atoms with van der Waals surface area (Å²) in [6.45, 7) is 0. The number of hydrazone groups is 1. The topological polar surface area (TPSA) is 61.7 Å². The number of aromatic hydroxyl groups is 1. The van der Waals surface area contributed by atoms with E-state index in [1.54, 1.807) is 18.2 Å². The first-order valence-electron chi connectivity index (χ1n) is 8.28. The quantitative estimate of drug-likeness (QED) is 0.400. The molecule has 2 N–H and O–H groups in total. The van der Waals surface area contributed by atoms with Gasteiger partial charge in [0, 0.05) is 15.6 Å². The van der Waals surface area contributed by atoms with Gasteiger partial charge in [-0.1, -0.05) is 59.1 Å². The van der Waals surface area contributed by atoms with Crippen molar-refractivity contribution >= 4 is 46.9 Å². The van der Waals surface area contributed by atoms with Crippen LogP contribution >= 0.6 is 34.8 Å². The number of hydrogen-bond donors (Lipinski definition) is 2. The van der Waals surface area contributed by atoms with Crippen LogP contribution in [0.25, 0.3) is 0 Å². The van der Waals surface area contributed by atoms with Gasteiger partial charge in [0.05, 0.1) is 16.8 Å². The van der Waals surface area contributed by atoms with E-state index in [0.717, 1.165) is 11.1 Å². The number of carbonyl (C=O) groups excluding carboxylic acids is 1. The maximum absolute atomic E-state index is 12.2. The van der Waals surface area contributed by atoms with E-state index in [-0.39, 0.29) is 16.3 Å². The highest BCUT2D eigenvalue weighted by Crippen LogP contribution is 2.23. The Morgan fingerprint density at radius 1 is 1.00 bits per heavy atom. The summed E-state index contributed by atoms with van der Waals surface area (Å²) in [5.74, 6) is -0.435. The van der Waals surface area contributed by atoms with Crippen molar-refractivity contribution in [3.05, 3.63) is 98.0 Å². The molecule has 0 radical (unpaired) electrons. The van der Waals surface area contributed by atoms with Crippen LogP contribution in [0.2, 0.25) is 15.1 Å². The summed E-state index contributed by atoms with van der Waals surface area (Å²) in [5, 5.41) is 15.3. The van der Waals surface area contributed by atoms with E-state index in [1.807, 2.05) is 30.3 Å². The zero-order valence-corrected chi connectivity index (χ0v) is 16.8. The molecule has 0 bridgehead atoms. The first-order chi connectivity index (χ1) is 13.4. The smallest absolute Gasteiger partial charge is 0.272 e. The van der Waals surface area contributed by atoms with E-state index in [1.165, 1.54) is 18.3 Å². The highest BCUT2D eigenvalue weighted by Gasteiger charge is 2.10. The molecular formula is C21H15Cl3N2O2. The molecule has 0 aliphatic heterocycles. The second-order valence-electron chi connectivity index (χ2n) is 5.98. The Bertz CT molecular complexity index is 1050. The van der Waals surface area contributed by atoms with Crippen LogP contribution in [0, 0.1) is 0 Å². The lowest BCUT2D eigenvalue weighted by molar-refractivity contribution is 0.0955. The molecule has 0 saturated heterocycles. The van der Waals surface area contributed by atoms with Crippen molar-refractivity contribution < 1.29 is 9.90 Å². The van der Waals surface area contributed by atoms with Crippen LogP contribution in [0.1, 0.15) is 27.0 Å². The number of amides is 1. The third-order valence-corrected chi connectivity index (χ3v) is 4.91. The second kappa shape index (κ2) is 9.11. The van der Waals surface area contributed by atoms with Gasteiger partial charge in [0.2, 0.25) is 0 Å². The Kier molecular flexibility index (Phi) is 6.57. The van der Waals surface area contributed by atoms with E-state index >= 15 is 0 Å². The molecule has 0 aliphatic carbocycles. The molecule has 0 aromatic heterocycles. The fraction of sp³-hybridized carbons (Fsp3) is 0.0476. The van der Waals surface area contributed by atoms with Gasteiger partial charge in [-0.15, -0.1) is 0 Å². The van der Waals surface area contributed by atoms with E-state index in [9.17, 15) is 9.90 Å². The highest BCUT2D eigenvalue weighted by atomic mass is 35.5. The minimum atomic E-state index is -0.482. The molecule has 142 valence electrons. The largest absolute Gasteiger partial charge is 0.507 e. The summed E-state index contributed by atoms with van der Waals surface area (Å²) in [4.78, 5) is 12.2. The molecule has 1 amide bonds. The van der Waals surface area contributed by atoms with Gasteiger partial charge in [0.25, 0.3) is 5.91 Å². The van der Waals surface area contributed by atoms with Crippen molar-refractivity contribution in [1.29, 1.82) is 0 Å². The third-order valence-electron chi connectivity index (χ3n) is 3.99. The number of rotatable bonds is 5. The molecule has 0 fully saturated rings. The third kappa shape index (κ3) is 5.04. The fourth-order valence-corrected chi connectivity index (χ4v) is 3.27. The average Bonchev–Trinajstić information content (AvgIpc) is 2.66. The number of phenols is 1. The van der Waals surface area contributed by atoms with Crippen molar-refractivity contribution in [3.63, 3.8) is 0 Å². The lowest BCUT2D eigenvalue weighted by atomic mass is 10.0. The lowest BCUT2D eigenvalue weighted by Gasteiger charge is -2.07. The molecule has 3 aromatic rings. The molecule has 0 heterocycles. The number of nitrogens with one attached hydrogen (secondary N) is 1. The Hall–Kier alpha value is -2.53. The predicted octanol–water partition coefficient (Wildman–Crippen LogP) is 5.71. The van der Waals surface area contributed by atoms with Crippen molar-refractivity contribution in [2.45, 2.75) is 6.42 Å². The maximum Gasteiger partial charge on any atom is 0.272 e. The summed E-state index contributed by atoms with van der Waals surface area (Å²) >= 11 is 18.0. The fourth-order valence-electron chi connectivity index (χ4n) is 2.57. The van der Waals surface area contributed by atoms with Crippen LogP contribution in [0.4, 0.5) is 0 Å². The molecule has 0 atom stereocenters. The van der Waals surface area contributed by atoms with Crippen LogP contribution in [0.15, 0.2) is 65.8 Å². The number of nitrogens with zero attached hydrogens (tertiary/aromatic N) is 1. The number of carbonyl (C=O) groups is 1. The van der Waals surface area contributed by atoms with E-state index in [2.05, 4.69) is 10.5 Å². The maximum atomic E-state index is 12.2. The van der Waals surface area contributed by atoms with Gasteiger partial charge < -0.3 is 5.11 Å². The van der Waals surface area contributed by atoms with Gasteiger partial charge in [-0.05, 0) is 53.9 Å². The van der Waals surface area contributed by atoms with E-state index in [0.29, 0.717) is 22.0 Å². The van der Waals surface area contributed by atoms with E-state index in [4.69, 9.17) is 34.8 Å². The molecule has 4 nitrogen and oxygen atoms in total. The first kappa shape index (κ1) is 20.2. The van der Waals surface area contributed by atoms with Crippen molar-refractivity contribution in [2.75, 3.05) is 0 Å². The van der Waals surface area contributed by atoms with Crippen LogP contribution in [-0.4, -0.2) is 17.2 Å². The number of halogens is 3. The van der Waals surface area contributed by atoms with Gasteiger partial charge in [-0.2, -0.15) is 5.10 Å². The van der Waals surface area contributed by atoms with Gasteiger partial charge in [0.1, 0.15) is 5.75 Å². The van der Waals surface area contributed by atoms with Crippen molar-refractivity contribution in [3.8, 4) is 5.75 Å². The van der Waals surface area contributed by atoms with Crippen LogP contribution < -0.4 is 5.43 Å². The summed E-state index contributed by atoms with van der Waals surface area (Å²) in [6, 6.07) is 17.3. The Morgan fingerprint density at radius 3 is 2.54 bits per heavy atom. The molecule has 7 heteroatoms. The van der Waals surface area contributed by atoms with Gasteiger partial charge >= 0.3 is 0 Å². The van der Waals surface area contributed by atoms with Crippen LogP contribution in [-0.2, 0) is 6.42 Å². The summed E-state index contributed by atoms with van der Waals surface area (Å²) in [6.07, 6.45) is 1.97. The molecule has 0 spiro atoms. The van der Waals surface area contributed by atoms with Crippen molar-refractivity contribution in [2.24, 2.45) is 5.10 Å². The molecule has 0 aliphatic rings. The summed E-state index contributed by atoms with van der Waals surface area (Å²) < 4.78 is 0. The Labute approximate surface area is 177 Å². The average molecular weight is 434 g/mol. The zero-order chi connectivity index (χ0) is 20.1. The number of phenolic OH excluding ortho intramolecular Hbond substituents is 1. The molecule has 0 saturated carbocycles. The monoisotopic (exact) mass is 432 g/mol. The SMILES string of the molecule is O=C(N/N=C/c1cc(Cc2ccccc2Cl)ccc1O)c1ccc(Cl)cc1Cl. The normalized spacial score (nSPS) is 11.0. The molecular weight excluding hydrogens is 419 g/mol. The lowest BCUT2D eigenvalue weighted by Crippen LogP contribution is -2.18. The first-order valence-corrected chi connectivity index (χ1v) is 9.41. The predicted molar refractivity (Wildman–Crippen MR) is 114 cm³/mol.